The molecule has 1 N–H and O–H groups in total. The zero-order chi connectivity index (χ0) is 20.9. The molecule has 5 heterocycles. The van der Waals surface area contributed by atoms with Crippen LogP contribution in [0.5, 0.6) is 0 Å². The first-order valence-electron chi connectivity index (χ1n) is 11.0. The number of aromatic nitrogens is 3. The van der Waals surface area contributed by atoms with Crippen molar-refractivity contribution in [2.45, 2.75) is 71.7 Å². The van der Waals surface area contributed by atoms with Gasteiger partial charge in [-0.1, -0.05) is 13.8 Å². The van der Waals surface area contributed by atoms with E-state index in [1.807, 2.05) is 0 Å². The van der Waals surface area contributed by atoms with Crippen LogP contribution in [0.3, 0.4) is 0 Å². The smallest absolute Gasteiger partial charge is 0.229 e. The second-order valence-corrected chi connectivity index (χ2v) is 9.54. The molecular weight excluding hydrogens is 380 g/mol. The Kier molecular flexibility index (Phi) is 4.90. The van der Waals surface area contributed by atoms with Crippen molar-refractivity contribution >= 4 is 28.0 Å². The lowest BCUT2D eigenvalue weighted by Crippen LogP contribution is -2.33. The number of furan rings is 1. The Labute approximate surface area is 176 Å². The first-order chi connectivity index (χ1) is 14.4. The molecule has 0 spiro atoms. The topological polar surface area (TPSA) is 82.3 Å². The first-order valence-corrected chi connectivity index (χ1v) is 11.0. The second-order valence-electron chi connectivity index (χ2n) is 9.54. The van der Waals surface area contributed by atoms with E-state index in [1.165, 1.54) is 11.1 Å². The average molecular weight is 411 g/mol. The molecule has 0 amide bonds. The molecular formula is C23H30N4O3. The van der Waals surface area contributed by atoms with Gasteiger partial charge in [-0.3, -0.25) is 0 Å². The number of nitrogens with one attached hydrogen (secondary N) is 1. The van der Waals surface area contributed by atoms with Crippen molar-refractivity contribution in [2.75, 3.05) is 18.5 Å². The lowest BCUT2D eigenvalue weighted by atomic mass is 9.88. The van der Waals surface area contributed by atoms with E-state index in [4.69, 9.17) is 18.9 Å². The van der Waals surface area contributed by atoms with Crippen molar-refractivity contribution in [3.8, 4) is 0 Å². The lowest BCUT2D eigenvalue weighted by Gasteiger charge is -2.33. The number of nitrogens with zero attached hydrogens (tertiary/aromatic N) is 3. The number of anilines is 1. The minimum absolute atomic E-state index is 0.223. The van der Waals surface area contributed by atoms with Gasteiger partial charge in [-0.25, -0.2) is 15.0 Å². The lowest BCUT2D eigenvalue weighted by molar-refractivity contribution is -0.0402. The standard InChI is InChI=1S/C23H30N4O3/c1-13(2)8-17-16-11-29-23(3,4)9-15(16)18-19-20(30-22(18)27-17)21(26-12-25-19)24-10-14-6-5-7-28-14/h12-14H,5-11H2,1-4H3,(H,24,25,26)/t14-/m1/s1. The van der Waals surface area contributed by atoms with Gasteiger partial charge in [-0.2, -0.15) is 0 Å². The predicted octanol–water partition coefficient (Wildman–Crippen LogP) is 4.41. The molecule has 160 valence electrons. The quantitative estimate of drug-likeness (QED) is 0.667. The summed E-state index contributed by atoms with van der Waals surface area (Å²) in [6.45, 7) is 10.8. The van der Waals surface area contributed by atoms with Crippen molar-refractivity contribution < 1.29 is 13.9 Å². The summed E-state index contributed by atoms with van der Waals surface area (Å²) in [5.74, 6) is 1.21. The van der Waals surface area contributed by atoms with Crippen LogP contribution in [0.15, 0.2) is 10.7 Å². The molecule has 30 heavy (non-hydrogen) atoms. The molecule has 0 unspecified atom stereocenters. The molecule has 1 atom stereocenters. The van der Waals surface area contributed by atoms with Crippen LogP contribution in [0.4, 0.5) is 5.82 Å². The van der Waals surface area contributed by atoms with E-state index in [-0.39, 0.29) is 11.7 Å². The van der Waals surface area contributed by atoms with Crippen LogP contribution in [0.25, 0.3) is 22.2 Å². The Morgan fingerprint density at radius 1 is 1.23 bits per heavy atom. The van der Waals surface area contributed by atoms with Crippen molar-refractivity contribution in [1.29, 1.82) is 0 Å². The highest BCUT2D eigenvalue weighted by molar-refractivity contribution is 6.06. The van der Waals surface area contributed by atoms with Crippen molar-refractivity contribution in [3.63, 3.8) is 0 Å². The van der Waals surface area contributed by atoms with E-state index in [0.29, 0.717) is 36.2 Å². The molecule has 0 aliphatic carbocycles. The molecule has 0 aromatic carbocycles. The fraction of sp³-hybridized carbons (Fsp3) is 0.609. The zero-order valence-corrected chi connectivity index (χ0v) is 18.2. The highest BCUT2D eigenvalue weighted by atomic mass is 16.5. The number of pyridine rings is 1. The third-order valence-corrected chi connectivity index (χ3v) is 6.04. The Balaban J connectivity index is 1.64. The third kappa shape index (κ3) is 3.54. The maximum atomic E-state index is 6.28. The van der Waals surface area contributed by atoms with Crippen molar-refractivity contribution in [1.82, 2.24) is 15.0 Å². The molecule has 2 aliphatic rings. The molecule has 7 heteroatoms. The van der Waals surface area contributed by atoms with Crippen LogP contribution >= 0.6 is 0 Å². The molecule has 5 rings (SSSR count). The van der Waals surface area contributed by atoms with Gasteiger partial charge in [-0.05, 0) is 44.6 Å². The van der Waals surface area contributed by atoms with Crippen molar-refractivity contribution in [3.05, 3.63) is 23.1 Å². The Hall–Kier alpha value is -2.25. The van der Waals surface area contributed by atoms with Crippen LogP contribution in [-0.4, -0.2) is 39.8 Å². The summed E-state index contributed by atoms with van der Waals surface area (Å²) in [5.41, 5.74) is 5.45. The fourth-order valence-corrected chi connectivity index (χ4v) is 4.57. The summed E-state index contributed by atoms with van der Waals surface area (Å²) in [7, 11) is 0. The molecule has 1 fully saturated rings. The summed E-state index contributed by atoms with van der Waals surface area (Å²) in [6, 6.07) is 0. The molecule has 0 radical (unpaired) electrons. The molecule has 3 aromatic heterocycles. The molecule has 2 aliphatic heterocycles. The van der Waals surface area contributed by atoms with E-state index in [2.05, 4.69) is 43.0 Å². The summed E-state index contributed by atoms with van der Waals surface area (Å²) < 4.78 is 18.1. The Bertz CT molecular complexity index is 1080. The van der Waals surface area contributed by atoms with E-state index in [9.17, 15) is 0 Å². The SMILES string of the molecule is CC(C)Cc1nc2oc3c(NC[C@H]4CCCO4)ncnc3c2c2c1COC(C)(C)C2. The van der Waals surface area contributed by atoms with Crippen LogP contribution in [-0.2, 0) is 28.9 Å². The monoisotopic (exact) mass is 410 g/mol. The first kappa shape index (κ1) is 19.7. The van der Waals surface area contributed by atoms with Gasteiger partial charge in [0.25, 0.3) is 0 Å². The van der Waals surface area contributed by atoms with Crippen LogP contribution in [0.2, 0.25) is 0 Å². The summed E-state index contributed by atoms with van der Waals surface area (Å²) >= 11 is 0. The van der Waals surface area contributed by atoms with E-state index < -0.39 is 0 Å². The van der Waals surface area contributed by atoms with Gasteiger partial charge in [0, 0.05) is 25.1 Å². The average Bonchev–Trinajstić information content (AvgIpc) is 3.32. The van der Waals surface area contributed by atoms with Gasteiger partial charge in [0.2, 0.25) is 5.71 Å². The highest BCUT2D eigenvalue weighted by Gasteiger charge is 2.32. The number of hydrogen-bond acceptors (Lipinski definition) is 7. The van der Waals surface area contributed by atoms with Gasteiger partial charge in [0.1, 0.15) is 11.8 Å². The van der Waals surface area contributed by atoms with Gasteiger partial charge < -0.3 is 19.2 Å². The summed E-state index contributed by atoms with van der Waals surface area (Å²) in [6.07, 6.45) is 5.72. The summed E-state index contributed by atoms with van der Waals surface area (Å²) in [5, 5.41) is 4.42. The Morgan fingerprint density at radius 2 is 2.10 bits per heavy atom. The minimum Gasteiger partial charge on any atom is -0.432 e. The van der Waals surface area contributed by atoms with Gasteiger partial charge >= 0.3 is 0 Å². The maximum Gasteiger partial charge on any atom is 0.229 e. The maximum absolute atomic E-state index is 6.28. The summed E-state index contributed by atoms with van der Waals surface area (Å²) in [4.78, 5) is 14.0. The van der Waals surface area contributed by atoms with E-state index in [1.54, 1.807) is 6.33 Å². The second kappa shape index (κ2) is 7.46. The Morgan fingerprint density at radius 3 is 2.87 bits per heavy atom. The zero-order valence-electron chi connectivity index (χ0n) is 18.2. The number of hydrogen-bond donors (Lipinski definition) is 1. The van der Waals surface area contributed by atoms with E-state index >= 15 is 0 Å². The fourth-order valence-electron chi connectivity index (χ4n) is 4.57. The number of fused-ring (bicyclic) bond motifs is 5. The third-order valence-electron chi connectivity index (χ3n) is 6.04. The van der Waals surface area contributed by atoms with Crippen LogP contribution in [0, 0.1) is 5.92 Å². The predicted molar refractivity (Wildman–Crippen MR) is 116 cm³/mol. The van der Waals surface area contributed by atoms with Gasteiger partial charge in [0.05, 0.1) is 29.4 Å². The number of ether oxygens (including phenoxy) is 2. The van der Waals surface area contributed by atoms with Crippen LogP contribution in [0.1, 0.15) is 57.4 Å². The normalized spacial score (nSPS) is 20.9. The van der Waals surface area contributed by atoms with E-state index in [0.717, 1.165) is 48.9 Å². The van der Waals surface area contributed by atoms with Gasteiger partial charge in [-0.15, -0.1) is 0 Å². The minimum atomic E-state index is -0.228. The molecule has 7 nitrogen and oxygen atoms in total. The van der Waals surface area contributed by atoms with Gasteiger partial charge in [0.15, 0.2) is 11.4 Å². The molecule has 0 bridgehead atoms. The highest BCUT2D eigenvalue weighted by Crippen LogP contribution is 2.39. The van der Waals surface area contributed by atoms with Crippen molar-refractivity contribution in [2.24, 2.45) is 5.92 Å². The number of rotatable bonds is 5. The molecule has 3 aromatic rings. The van der Waals surface area contributed by atoms with Crippen LogP contribution < -0.4 is 5.32 Å². The molecule has 1 saturated heterocycles. The molecule has 0 saturated carbocycles. The largest absolute Gasteiger partial charge is 0.432 e.